The van der Waals surface area contributed by atoms with E-state index in [-0.39, 0.29) is 0 Å². The molecule has 3 heteroatoms. The number of benzene rings is 1. The van der Waals surface area contributed by atoms with Crippen LogP contribution in [-0.2, 0) is 17.9 Å². The Bertz CT molecular complexity index is 586. The number of hydrogen-bond acceptors (Lipinski definition) is 3. The molecular weight excluding hydrogens is 266 g/mol. The van der Waals surface area contributed by atoms with E-state index in [0.29, 0.717) is 12.5 Å². The van der Waals surface area contributed by atoms with E-state index in [0.717, 1.165) is 13.1 Å². The van der Waals surface area contributed by atoms with E-state index >= 15 is 0 Å². The monoisotopic (exact) mass is 291 g/mol. The molecule has 0 saturated heterocycles. The number of hydrogen-bond donors (Lipinski definition) is 1. The van der Waals surface area contributed by atoms with Gasteiger partial charge in [-0.2, -0.15) is 0 Å². The number of fused-ring (bicyclic) bond motifs is 1. The maximum atomic E-state index is 5.41. The van der Waals surface area contributed by atoms with Gasteiger partial charge in [-0.1, -0.05) is 13.8 Å². The first-order valence-electron chi connectivity index (χ1n) is 7.24. The first-order valence-corrected chi connectivity index (χ1v) is 8.05. The zero-order valence-corrected chi connectivity index (χ0v) is 14.0. The van der Waals surface area contributed by atoms with E-state index in [2.05, 4.69) is 45.1 Å². The highest BCUT2D eigenvalue weighted by molar-refractivity contribution is 7.19. The van der Waals surface area contributed by atoms with Crippen molar-refractivity contribution < 1.29 is 4.74 Å². The molecule has 20 heavy (non-hydrogen) atoms. The summed E-state index contributed by atoms with van der Waals surface area (Å²) in [6.07, 6.45) is 0. The Hall–Kier alpha value is -0.900. The molecule has 0 atom stereocenters. The van der Waals surface area contributed by atoms with Gasteiger partial charge in [-0.15, -0.1) is 11.3 Å². The molecule has 2 nitrogen and oxygen atoms in total. The summed E-state index contributed by atoms with van der Waals surface area (Å²) in [6.45, 7) is 11.5. The predicted octanol–water partition coefficient (Wildman–Crippen LogP) is 4.41. The third-order valence-corrected chi connectivity index (χ3v) is 4.81. The third-order valence-electron chi connectivity index (χ3n) is 3.62. The zero-order chi connectivity index (χ0) is 14.7. The van der Waals surface area contributed by atoms with E-state index in [9.17, 15) is 0 Å². The van der Waals surface area contributed by atoms with Crippen molar-refractivity contribution in [3.05, 3.63) is 33.7 Å². The number of methoxy groups -OCH3 is 1. The van der Waals surface area contributed by atoms with Gasteiger partial charge in [0.25, 0.3) is 0 Å². The Morgan fingerprint density at radius 3 is 2.55 bits per heavy atom. The van der Waals surface area contributed by atoms with Crippen molar-refractivity contribution in [1.29, 1.82) is 0 Å². The van der Waals surface area contributed by atoms with E-state index in [1.807, 2.05) is 11.3 Å². The molecule has 0 saturated carbocycles. The lowest BCUT2D eigenvalue weighted by atomic mass is 10.0. The van der Waals surface area contributed by atoms with Gasteiger partial charge >= 0.3 is 0 Å². The van der Waals surface area contributed by atoms with Crippen LogP contribution in [0.25, 0.3) is 10.1 Å². The standard InChI is InChI=1S/C17H25NOS/c1-11(2)8-18-9-17-15(10-19-5)14-6-12(3)13(4)7-16(14)20-17/h6-7,11,18H,8-10H2,1-5H3. The van der Waals surface area contributed by atoms with Crippen molar-refractivity contribution in [3.8, 4) is 0 Å². The van der Waals surface area contributed by atoms with Crippen molar-refractivity contribution in [1.82, 2.24) is 5.32 Å². The fourth-order valence-corrected chi connectivity index (χ4v) is 3.63. The Morgan fingerprint density at radius 2 is 1.90 bits per heavy atom. The lowest BCUT2D eigenvalue weighted by Crippen LogP contribution is -2.19. The second-order valence-electron chi connectivity index (χ2n) is 5.89. The van der Waals surface area contributed by atoms with Crippen LogP contribution < -0.4 is 5.32 Å². The van der Waals surface area contributed by atoms with Gasteiger partial charge in [0.15, 0.2) is 0 Å². The summed E-state index contributed by atoms with van der Waals surface area (Å²) < 4.78 is 6.79. The molecule has 0 aliphatic carbocycles. The van der Waals surface area contributed by atoms with E-state index in [1.54, 1.807) is 7.11 Å². The Kier molecular flexibility index (Phi) is 5.19. The molecule has 2 rings (SSSR count). The number of ether oxygens (including phenoxy) is 1. The second-order valence-corrected chi connectivity index (χ2v) is 7.03. The molecule has 0 radical (unpaired) electrons. The highest BCUT2D eigenvalue weighted by atomic mass is 32.1. The van der Waals surface area contributed by atoms with Gasteiger partial charge in [-0.05, 0) is 55.0 Å². The molecule has 1 N–H and O–H groups in total. The number of thiophene rings is 1. The third kappa shape index (κ3) is 3.40. The fourth-order valence-electron chi connectivity index (χ4n) is 2.37. The largest absolute Gasteiger partial charge is 0.380 e. The molecule has 0 unspecified atom stereocenters. The molecule has 1 heterocycles. The summed E-state index contributed by atoms with van der Waals surface area (Å²) in [4.78, 5) is 1.41. The minimum Gasteiger partial charge on any atom is -0.380 e. The van der Waals surface area contributed by atoms with Crippen LogP contribution in [-0.4, -0.2) is 13.7 Å². The molecule has 1 aromatic carbocycles. The summed E-state index contributed by atoms with van der Waals surface area (Å²) in [5, 5.41) is 4.91. The highest BCUT2D eigenvalue weighted by Crippen LogP contribution is 2.33. The highest BCUT2D eigenvalue weighted by Gasteiger charge is 2.13. The van der Waals surface area contributed by atoms with Crippen molar-refractivity contribution in [2.24, 2.45) is 5.92 Å². The van der Waals surface area contributed by atoms with Gasteiger partial charge in [0.1, 0.15) is 0 Å². The number of nitrogens with one attached hydrogen (secondary N) is 1. The van der Waals surface area contributed by atoms with Gasteiger partial charge in [-0.25, -0.2) is 0 Å². The molecule has 0 aliphatic rings. The molecular formula is C17H25NOS. The first kappa shape index (κ1) is 15.5. The number of aryl methyl sites for hydroxylation is 2. The summed E-state index contributed by atoms with van der Waals surface area (Å²) in [7, 11) is 1.77. The van der Waals surface area contributed by atoms with Crippen LogP contribution in [0.3, 0.4) is 0 Å². The summed E-state index contributed by atoms with van der Waals surface area (Å²) >= 11 is 1.90. The van der Waals surface area contributed by atoms with Crippen LogP contribution in [0.5, 0.6) is 0 Å². The van der Waals surface area contributed by atoms with E-state index < -0.39 is 0 Å². The lowest BCUT2D eigenvalue weighted by molar-refractivity contribution is 0.185. The first-order chi connectivity index (χ1) is 9.52. The molecule has 0 bridgehead atoms. The van der Waals surface area contributed by atoms with Crippen LogP contribution in [0.4, 0.5) is 0 Å². The minimum atomic E-state index is 0.680. The molecule has 0 amide bonds. The Labute approximate surface area is 126 Å². The maximum Gasteiger partial charge on any atom is 0.0730 e. The molecule has 110 valence electrons. The second kappa shape index (κ2) is 6.70. The van der Waals surface area contributed by atoms with Gasteiger partial charge in [0.05, 0.1) is 6.61 Å². The van der Waals surface area contributed by atoms with Crippen LogP contribution in [0.1, 0.15) is 35.4 Å². The predicted molar refractivity (Wildman–Crippen MR) is 88.6 cm³/mol. The van der Waals surface area contributed by atoms with Crippen LogP contribution in [0.2, 0.25) is 0 Å². The van der Waals surface area contributed by atoms with Gasteiger partial charge in [0, 0.05) is 28.8 Å². The zero-order valence-electron chi connectivity index (χ0n) is 13.2. The average molecular weight is 291 g/mol. The quantitative estimate of drug-likeness (QED) is 0.851. The van der Waals surface area contributed by atoms with Gasteiger partial charge < -0.3 is 10.1 Å². The smallest absolute Gasteiger partial charge is 0.0730 e. The average Bonchev–Trinajstić information content (AvgIpc) is 2.68. The minimum absolute atomic E-state index is 0.680. The van der Waals surface area contributed by atoms with Crippen LogP contribution >= 0.6 is 11.3 Å². The molecule has 0 fully saturated rings. The van der Waals surface area contributed by atoms with Crippen LogP contribution in [0.15, 0.2) is 12.1 Å². The molecule has 0 aliphatic heterocycles. The summed E-state index contributed by atoms with van der Waals surface area (Å²) in [5.74, 6) is 0.680. The van der Waals surface area contributed by atoms with Crippen molar-refractivity contribution >= 4 is 21.4 Å². The SMILES string of the molecule is COCc1c(CNCC(C)C)sc2cc(C)c(C)cc12. The maximum absolute atomic E-state index is 5.41. The Morgan fingerprint density at radius 1 is 1.20 bits per heavy atom. The van der Waals surface area contributed by atoms with E-state index in [4.69, 9.17) is 4.74 Å². The number of rotatable bonds is 6. The van der Waals surface area contributed by atoms with Crippen LogP contribution in [0, 0.1) is 19.8 Å². The van der Waals surface area contributed by atoms with Crippen molar-refractivity contribution in [3.63, 3.8) is 0 Å². The normalized spacial score (nSPS) is 11.7. The van der Waals surface area contributed by atoms with Gasteiger partial charge in [-0.3, -0.25) is 0 Å². The summed E-state index contributed by atoms with van der Waals surface area (Å²) in [6, 6.07) is 4.61. The van der Waals surface area contributed by atoms with Crippen molar-refractivity contribution in [2.45, 2.75) is 40.8 Å². The van der Waals surface area contributed by atoms with Crippen molar-refractivity contribution in [2.75, 3.05) is 13.7 Å². The lowest BCUT2D eigenvalue weighted by Gasteiger charge is -2.08. The topological polar surface area (TPSA) is 21.3 Å². The van der Waals surface area contributed by atoms with Gasteiger partial charge in [0.2, 0.25) is 0 Å². The Balaban J connectivity index is 2.34. The fraction of sp³-hybridized carbons (Fsp3) is 0.529. The molecule has 2 aromatic rings. The summed E-state index contributed by atoms with van der Waals surface area (Å²) in [5.41, 5.74) is 4.07. The molecule has 0 spiro atoms. The van der Waals surface area contributed by atoms with E-state index in [1.165, 1.54) is 31.7 Å². The molecule has 1 aromatic heterocycles.